The van der Waals surface area contributed by atoms with Gasteiger partial charge >= 0.3 is 0 Å². The highest BCUT2D eigenvalue weighted by Gasteiger charge is 2.24. The Bertz CT molecular complexity index is 818. The molecule has 28 heavy (non-hydrogen) atoms. The highest BCUT2D eigenvalue weighted by Crippen LogP contribution is 2.27. The molecule has 1 aliphatic heterocycles. The van der Waals surface area contributed by atoms with Gasteiger partial charge in [-0.1, -0.05) is 0 Å². The van der Waals surface area contributed by atoms with Gasteiger partial charge in [-0.2, -0.15) is 0 Å². The minimum Gasteiger partial charge on any atom is -0.493 e. The molecular weight excluding hydrogens is 358 g/mol. The number of hydrogen-bond donors (Lipinski definition) is 1. The monoisotopic (exact) mass is 383 g/mol. The lowest BCUT2D eigenvalue weighted by molar-refractivity contribution is 0.0684. The summed E-state index contributed by atoms with van der Waals surface area (Å²) in [6.07, 6.45) is 4.99. The third-order valence-corrected chi connectivity index (χ3v) is 5.03. The van der Waals surface area contributed by atoms with Gasteiger partial charge in [-0.25, -0.2) is 0 Å². The molecule has 7 nitrogen and oxygen atoms in total. The minimum absolute atomic E-state index is 0.0372. The van der Waals surface area contributed by atoms with Gasteiger partial charge in [0.1, 0.15) is 0 Å². The van der Waals surface area contributed by atoms with E-state index < -0.39 is 0 Å². The van der Waals surface area contributed by atoms with Crippen LogP contribution in [0.1, 0.15) is 33.6 Å². The lowest BCUT2D eigenvalue weighted by atomic mass is 9.96. The fourth-order valence-corrected chi connectivity index (χ4v) is 3.33. The number of methoxy groups -OCH3 is 2. The first-order valence-corrected chi connectivity index (χ1v) is 9.32. The Kier molecular flexibility index (Phi) is 6.47. The van der Waals surface area contributed by atoms with Crippen LogP contribution in [0.3, 0.4) is 0 Å². The van der Waals surface area contributed by atoms with Crippen LogP contribution in [0.5, 0.6) is 11.5 Å². The SMILES string of the molecule is COc1ccc(C(=O)NCC2CCN(C(=O)c3ccncc3)CC2)cc1OC. The van der Waals surface area contributed by atoms with E-state index in [0.29, 0.717) is 48.2 Å². The van der Waals surface area contributed by atoms with Gasteiger partial charge in [0.15, 0.2) is 11.5 Å². The number of nitrogens with one attached hydrogen (secondary N) is 1. The first-order chi connectivity index (χ1) is 13.6. The molecule has 1 aromatic heterocycles. The van der Waals surface area contributed by atoms with Crippen LogP contribution in [0.15, 0.2) is 42.7 Å². The minimum atomic E-state index is -0.142. The summed E-state index contributed by atoms with van der Waals surface area (Å²) < 4.78 is 10.4. The maximum Gasteiger partial charge on any atom is 0.253 e. The van der Waals surface area contributed by atoms with Gasteiger partial charge in [-0.05, 0) is 49.1 Å². The molecule has 0 saturated carbocycles. The fraction of sp³-hybridized carbons (Fsp3) is 0.381. The molecule has 0 aliphatic carbocycles. The normalized spacial score (nSPS) is 14.4. The van der Waals surface area contributed by atoms with Gasteiger partial charge in [0, 0.05) is 43.2 Å². The van der Waals surface area contributed by atoms with Crippen molar-refractivity contribution in [2.75, 3.05) is 33.9 Å². The van der Waals surface area contributed by atoms with Crippen molar-refractivity contribution < 1.29 is 19.1 Å². The predicted molar refractivity (Wildman–Crippen MR) is 105 cm³/mol. The number of nitrogens with zero attached hydrogens (tertiary/aromatic N) is 2. The largest absolute Gasteiger partial charge is 0.493 e. The number of amides is 2. The van der Waals surface area contributed by atoms with Crippen molar-refractivity contribution in [2.45, 2.75) is 12.8 Å². The van der Waals surface area contributed by atoms with Gasteiger partial charge in [0.05, 0.1) is 14.2 Å². The molecule has 0 spiro atoms. The second-order valence-corrected chi connectivity index (χ2v) is 6.75. The zero-order chi connectivity index (χ0) is 19.9. The predicted octanol–water partition coefficient (Wildman–Crippen LogP) is 2.38. The summed E-state index contributed by atoms with van der Waals surface area (Å²) in [5.41, 5.74) is 1.19. The van der Waals surface area contributed by atoms with E-state index in [9.17, 15) is 9.59 Å². The van der Waals surface area contributed by atoms with E-state index in [0.717, 1.165) is 12.8 Å². The Morgan fingerprint density at radius 1 is 1.04 bits per heavy atom. The Labute approximate surface area is 164 Å². The number of pyridine rings is 1. The zero-order valence-electron chi connectivity index (χ0n) is 16.2. The molecule has 1 fully saturated rings. The van der Waals surface area contributed by atoms with Crippen molar-refractivity contribution in [1.82, 2.24) is 15.2 Å². The molecule has 7 heteroatoms. The smallest absolute Gasteiger partial charge is 0.253 e. The zero-order valence-corrected chi connectivity index (χ0v) is 16.2. The number of likely N-dealkylation sites (tertiary alicyclic amines) is 1. The molecule has 2 aromatic rings. The van der Waals surface area contributed by atoms with Crippen LogP contribution < -0.4 is 14.8 Å². The average molecular weight is 383 g/mol. The topological polar surface area (TPSA) is 80.8 Å². The third kappa shape index (κ3) is 4.60. The van der Waals surface area contributed by atoms with E-state index in [1.54, 1.807) is 56.9 Å². The van der Waals surface area contributed by atoms with Crippen molar-refractivity contribution in [2.24, 2.45) is 5.92 Å². The number of carbonyl (C=O) groups excluding carboxylic acids is 2. The number of ether oxygens (including phenoxy) is 2. The van der Waals surface area contributed by atoms with E-state index >= 15 is 0 Å². The number of piperidine rings is 1. The summed E-state index contributed by atoms with van der Waals surface area (Å²) in [5, 5.41) is 2.99. The van der Waals surface area contributed by atoms with Gasteiger partial charge < -0.3 is 19.7 Å². The van der Waals surface area contributed by atoms with Crippen LogP contribution in [0.2, 0.25) is 0 Å². The Morgan fingerprint density at radius 3 is 2.36 bits per heavy atom. The van der Waals surface area contributed by atoms with E-state index in [1.165, 1.54) is 0 Å². The molecule has 1 aliphatic rings. The van der Waals surface area contributed by atoms with E-state index in [1.807, 2.05) is 4.90 Å². The van der Waals surface area contributed by atoms with Crippen molar-refractivity contribution >= 4 is 11.8 Å². The van der Waals surface area contributed by atoms with E-state index in [-0.39, 0.29) is 11.8 Å². The van der Waals surface area contributed by atoms with Gasteiger partial charge in [0.2, 0.25) is 0 Å². The number of hydrogen-bond acceptors (Lipinski definition) is 5. The molecule has 0 bridgehead atoms. The summed E-state index contributed by atoms with van der Waals surface area (Å²) in [4.78, 5) is 30.7. The standard InChI is InChI=1S/C21H25N3O4/c1-27-18-4-3-17(13-19(18)28-2)20(25)23-14-15-7-11-24(12-8-15)21(26)16-5-9-22-10-6-16/h3-6,9-10,13,15H,7-8,11-12,14H2,1-2H3,(H,23,25). The summed E-state index contributed by atoms with van der Waals surface area (Å²) in [6, 6.07) is 8.57. The molecule has 0 radical (unpaired) electrons. The van der Waals surface area contributed by atoms with Crippen LogP contribution in [-0.2, 0) is 0 Å². The van der Waals surface area contributed by atoms with Gasteiger partial charge in [0.25, 0.3) is 11.8 Å². The van der Waals surface area contributed by atoms with Gasteiger partial charge in [-0.15, -0.1) is 0 Å². The average Bonchev–Trinajstić information content (AvgIpc) is 2.77. The highest BCUT2D eigenvalue weighted by atomic mass is 16.5. The molecule has 1 N–H and O–H groups in total. The molecule has 148 valence electrons. The molecule has 3 rings (SSSR count). The maximum atomic E-state index is 12.5. The summed E-state index contributed by atoms with van der Waals surface area (Å²) >= 11 is 0. The van der Waals surface area contributed by atoms with E-state index in [2.05, 4.69) is 10.3 Å². The van der Waals surface area contributed by atoms with Crippen LogP contribution in [-0.4, -0.2) is 55.6 Å². The Morgan fingerprint density at radius 2 is 1.71 bits per heavy atom. The second-order valence-electron chi connectivity index (χ2n) is 6.75. The maximum absolute atomic E-state index is 12.5. The van der Waals surface area contributed by atoms with Crippen LogP contribution >= 0.6 is 0 Å². The second kappa shape index (κ2) is 9.21. The number of carbonyl (C=O) groups is 2. The van der Waals surface area contributed by atoms with Crippen molar-refractivity contribution in [3.8, 4) is 11.5 Å². The first-order valence-electron chi connectivity index (χ1n) is 9.32. The van der Waals surface area contributed by atoms with Crippen molar-refractivity contribution in [3.05, 3.63) is 53.9 Å². The quantitative estimate of drug-likeness (QED) is 0.828. The van der Waals surface area contributed by atoms with Crippen molar-refractivity contribution in [3.63, 3.8) is 0 Å². The molecular formula is C21H25N3O4. The molecule has 0 atom stereocenters. The number of rotatable bonds is 6. The van der Waals surface area contributed by atoms with Crippen molar-refractivity contribution in [1.29, 1.82) is 0 Å². The Balaban J connectivity index is 1.49. The molecule has 2 heterocycles. The van der Waals surface area contributed by atoms with Crippen LogP contribution in [0, 0.1) is 5.92 Å². The molecule has 2 amide bonds. The molecule has 0 unspecified atom stereocenters. The van der Waals surface area contributed by atoms with Crippen LogP contribution in [0.25, 0.3) is 0 Å². The lowest BCUT2D eigenvalue weighted by Crippen LogP contribution is -2.41. The number of benzene rings is 1. The lowest BCUT2D eigenvalue weighted by Gasteiger charge is -2.32. The van der Waals surface area contributed by atoms with Gasteiger partial charge in [-0.3, -0.25) is 14.6 Å². The number of aromatic nitrogens is 1. The molecule has 1 saturated heterocycles. The molecule has 1 aromatic carbocycles. The first kappa shape index (κ1) is 19.7. The fourth-order valence-electron chi connectivity index (χ4n) is 3.33. The highest BCUT2D eigenvalue weighted by molar-refractivity contribution is 5.95. The summed E-state index contributed by atoms with van der Waals surface area (Å²) in [7, 11) is 3.10. The summed E-state index contributed by atoms with van der Waals surface area (Å²) in [6.45, 7) is 1.97. The Hall–Kier alpha value is -3.09. The third-order valence-electron chi connectivity index (χ3n) is 5.03. The van der Waals surface area contributed by atoms with Crippen LogP contribution in [0.4, 0.5) is 0 Å². The summed E-state index contributed by atoms with van der Waals surface area (Å²) in [5.74, 6) is 1.36. The van der Waals surface area contributed by atoms with E-state index in [4.69, 9.17) is 9.47 Å².